The van der Waals surface area contributed by atoms with Crippen molar-refractivity contribution in [3.63, 3.8) is 0 Å². The van der Waals surface area contributed by atoms with Crippen LogP contribution in [0, 0.1) is 0 Å². The lowest BCUT2D eigenvalue weighted by molar-refractivity contribution is -0.126. The number of hydrogen-bond acceptors (Lipinski definition) is 5. The lowest BCUT2D eigenvalue weighted by atomic mass is 10.2. The van der Waals surface area contributed by atoms with Gasteiger partial charge in [-0.15, -0.1) is 22.6 Å². The fraction of sp³-hybridized carbons (Fsp3) is 0.278. The minimum Gasteiger partial charge on any atom is -0.480 e. The smallest absolute Gasteiger partial charge is 0.246 e. The summed E-state index contributed by atoms with van der Waals surface area (Å²) in [6.07, 6.45) is 3.49. The number of benzene rings is 1. The van der Waals surface area contributed by atoms with Crippen LogP contribution in [0.4, 0.5) is 5.82 Å². The number of halogens is 1. The third kappa shape index (κ3) is 4.93. The Kier molecular flexibility index (Phi) is 6.77. The fourth-order valence-electron chi connectivity index (χ4n) is 2.58. The van der Waals surface area contributed by atoms with Gasteiger partial charge in [-0.25, -0.2) is 0 Å². The Bertz CT molecular complexity index is 699. The Labute approximate surface area is 153 Å². The number of ether oxygens (including phenoxy) is 1. The normalized spacial score (nSPS) is 14.3. The van der Waals surface area contributed by atoms with Crippen LogP contribution >= 0.6 is 12.4 Å². The second-order valence-electron chi connectivity index (χ2n) is 5.49. The summed E-state index contributed by atoms with van der Waals surface area (Å²) in [6, 6.07) is 13.5. The molecule has 1 aliphatic rings. The molecule has 1 aromatic carbocycles. The lowest BCUT2D eigenvalue weighted by Crippen LogP contribution is -2.48. The molecule has 0 atom stereocenters. The number of anilines is 1. The van der Waals surface area contributed by atoms with E-state index in [0.29, 0.717) is 19.0 Å². The molecule has 25 heavy (non-hydrogen) atoms. The molecule has 0 saturated carbocycles. The van der Waals surface area contributed by atoms with Crippen LogP contribution in [0.5, 0.6) is 5.88 Å². The maximum atomic E-state index is 12.3. The predicted octanol–water partition coefficient (Wildman–Crippen LogP) is 2.27. The summed E-state index contributed by atoms with van der Waals surface area (Å²) in [6.45, 7) is 2.83. The summed E-state index contributed by atoms with van der Waals surface area (Å²) in [5.74, 6) is 1.35. The molecule has 1 amide bonds. The van der Waals surface area contributed by atoms with Gasteiger partial charge in [0.25, 0.3) is 0 Å². The van der Waals surface area contributed by atoms with Crippen LogP contribution in [-0.2, 0) is 4.79 Å². The monoisotopic (exact) mass is 360 g/mol. The average molecular weight is 361 g/mol. The van der Waals surface area contributed by atoms with Gasteiger partial charge < -0.3 is 14.5 Å². The van der Waals surface area contributed by atoms with Crippen LogP contribution in [0.15, 0.2) is 48.5 Å². The van der Waals surface area contributed by atoms with E-state index in [1.807, 2.05) is 47.4 Å². The molecule has 0 spiro atoms. The maximum absolute atomic E-state index is 12.3. The molecule has 1 aromatic heterocycles. The van der Waals surface area contributed by atoms with Gasteiger partial charge >= 0.3 is 0 Å². The Morgan fingerprint density at radius 1 is 1.04 bits per heavy atom. The van der Waals surface area contributed by atoms with Gasteiger partial charge in [0.1, 0.15) is 0 Å². The molecule has 0 unspecified atom stereocenters. The van der Waals surface area contributed by atoms with Gasteiger partial charge in [0.05, 0.1) is 7.11 Å². The minimum absolute atomic E-state index is 0. The van der Waals surface area contributed by atoms with E-state index in [1.54, 1.807) is 19.3 Å². The Morgan fingerprint density at radius 3 is 2.36 bits per heavy atom. The Balaban J connectivity index is 0.00000225. The first-order chi connectivity index (χ1) is 11.8. The van der Waals surface area contributed by atoms with Crippen molar-refractivity contribution in [2.75, 3.05) is 38.2 Å². The van der Waals surface area contributed by atoms with Crippen molar-refractivity contribution in [2.45, 2.75) is 0 Å². The van der Waals surface area contributed by atoms with Crippen LogP contribution in [0.2, 0.25) is 0 Å². The first-order valence-corrected chi connectivity index (χ1v) is 7.91. The van der Waals surface area contributed by atoms with Gasteiger partial charge in [-0.1, -0.05) is 30.3 Å². The third-order valence-electron chi connectivity index (χ3n) is 3.97. The number of aromatic nitrogens is 2. The largest absolute Gasteiger partial charge is 0.480 e. The molecule has 0 bridgehead atoms. The summed E-state index contributed by atoms with van der Waals surface area (Å²) < 4.78 is 5.02. The van der Waals surface area contributed by atoms with E-state index >= 15 is 0 Å². The molecule has 0 radical (unpaired) electrons. The molecule has 6 nitrogen and oxygen atoms in total. The van der Waals surface area contributed by atoms with Gasteiger partial charge in [0.15, 0.2) is 5.82 Å². The van der Waals surface area contributed by atoms with Crippen molar-refractivity contribution in [3.8, 4) is 5.88 Å². The summed E-state index contributed by atoms with van der Waals surface area (Å²) in [4.78, 5) is 16.3. The van der Waals surface area contributed by atoms with Crippen LogP contribution in [-0.4, -0.2) is 54.3 Å². The highest BCUT2D eigenvalue weighted by Gasteiger charge is 2.20. The molecular weight excluding hydrogens is 340 g/mol. The molecule has 2 heterocycles. The highest BCUT2D eigenvalue weighted by molar-refractivity contribution is 5.91. The lowest BCUT2D eigenvalue weighted by Gasteiger charge is -2.34. The van der Waals surface area contributed by atoms with Gasteiger partial charge in [0, 0.05) is 38.3 Å². The molecule has 132 valence electrons. The van der Waals surface area contributed by atoms with Crippen molar-refractivity contribution >= 4 is 30.2 Å². The predicted molar refractivity (Wildman–Crippen MR) is 100 cm³/mol. The number of carbonyl (C=O) groups excluding carboxylic acids is 1. The van der Waals surface area contributed by atoms with E-state index < -0.39 is 0 Å². The number of rotatable bonds is 4. The number of hydrogen-bond donors (Lipinski definition) is 0. The number of amides is 1. The van der Waals surface area contributed by atoms with Crippen LogP contribution in [0.25, 0.3) is 6.08 Å². The molecule has 0 N–H and O–H groups in total. The zero-order valence-electron chi connectivity index (χ0n) is 14.0. The standard InChI is InChI=1S/C18H20N4O2.ClH/c1-24-17-9-8-16(19-20-17)21-11-13-22(14-12-21)18(23)10-7-15-5-3-2-4-6-15;/h2-10H,11-14H2,1H3;1H/b10-7+;. The van der Waals surface area contributed by atoms with E-state index in [-0.39, 0.29) is 18.3 Å². The van der Waals surface area contributed by atoms with E-state index in [9.17, 15) is 4.79 Å². The summed E-state index contributed by atoms with van der Waals surface area (Å²) >= 11 is 0. The third-order valence-corrected chi connectivity index (χ3v) is 3.97. The van der Waals surface area contributed by atoms with Crippen molar-refractivity contribution < 1.29 is 9.53 Å². The SMILES string of the molecule is COc1ccc(N2CCN(C(=O)/C=C/c3ccccc3)CC2)nn1.Cl. The summed E-state index contributed by atoms with van der Waals surface area (Å²) in [5.41, 5.74) is 1.03. The number of carbonyl (C=O) groups is 1. The molecule has 3 rings (SSSR count). The Morgan fingerprint density at radius 2 is 1.76 bits per heavy atom. The van der Waals surface area contributed by atoms with Crippen molar-refractivity contribution in [1.82, 2.24) is 15.1 Å². The first-order valence-electron chi connectivity index (χ1n) is 7.91. The van der Waals surface area contributed by atoms with Gasteiger partial charge in [-0.3, -0.25) is 4.79 Å². The summed E-state index contributed by atoms with van der Waals surface area (Å²) in [5, 5.41) is 8.14. The van der Waals surface area contributed by atoms with E-state index in [2.05, 4.69) is 15.1 Å². The molecule has 1 saturated heterocycles. The van der Waals surface area contributed by atoms with Crippen molar-refractivity contribution in [2.24, 2.45) is 0 Å². The molecular formula is C18H21ClN4O2. The second kappa shape index (κ2) is 9.03. The fourth-order valence-corrected chi connectivity index (χ4v) is 2.58. The maximum Gasteiger partial charge on any atom is 0.246 e. The molecule has 0 aliphatic carbocycles. The van der Waals surface area contributed by atoms with Crippen molar-refractivity contribution in [3.05, 3.63) is 54.1 Å². The van der Waals surface area contributed by atoms with E-state index in [4.69, 9.17) is 4.74 Å². The van der Waals surface area contributed by atoms with Crippen LogP contribution in [0.3, 0.4) is 0 Å². The van der Waals surface area contributed by atoms with Crippen LogP contribution < -0.4 is 9.64 Å². The van der Waals surface area contributed by atoms with E-state index in [0.717, 1.165) is 24.5 Å². The summed E-state index contributed by atoms with van der Waals surface area (Å²) in [7, 11) is 1.57. The molecule has 1 aliphatic heterocycles. The first kappa shape index (κ1) is 18.7. The quantitative estimate of drug-likeness (QED) is 0.783. The van der Waals surface area contributed by atoms with Gasteiger partial charge in [-0.2, -0.15) is 0 Å². The van der Waals surface area contributed by atoms with Gasteiger partial charge in [-0.05, 0) is 17.7 Å². The highest BCUT2D eigenvalue weighted by Crippen LogP contribution is 2.15. The van der Waals surface area contributed by atoms with Crippen molar-refractivity contribution in [1.29, 1.82) is 0 Å². The average Bonchev–Trinajstić information content (AvgIpc) is 2.67. The number of methoxy groups -OCH3 is 1. The zero-order chi connectivity index (χ0) is 16.8. The Hall–Kier alpha value is -2.60. The van der Waals surface area contributed by atoms with Gasteiger partial charge in [0.2, 0.25) is 11.8 Å². The van der Waals surface area contributed by atoms with Crippen LogP contribution in [0.1, 0.15) is 5.56 Å². The highest BCUT2D eigenvalue weighted by atomic mass is 35.5. The zero-order valence-corrected chi connectivity index (χ0v) is 14.9. The van der Waals surface area contributed by atoms with E-state index in [1.165, 1.54) is 0 Å². The molecule has 7 heteroatoms. The molecule has 2 aromatic rings. The minimum atomic E-state index is 0. The topological polar surface area (TPSA) is 58.6 Å². The molecule has 1 fully saturated rings. The number of piperazine rings is 1. The second-order valence-corrected chi connectivity index (χ2v) is 5.49. The number of nitrogens with zero attached hydrogens (tertiary/aromatic N) is 4.